The van der Waals surface area contributed by atoms with Crippen LogP contribution in [0.1, 0.15) is 6.92 Å². The Bertz CT molecular complexity index is 440. The minimum Gasteiger partial charge on any atom is -0.387 e. The molecule has 1 aliphatic rings. The lowest BCUT2D eigenvalue weighted by atomic mass is 9.96. The van der Waals surface area contributed by atoms with Crippen molar-refractivity contribution in [3.8, 4) is 0 Å². The van der Waals surface area contributed by atoms with Gasteiger partial charge in [-0.1, -0.05) is 0 Å². The average molecular weight is 333 g/mol. The second-order valence-electron chi connectivity index (χ2n) is 4.37. The number of ether oxygens (including phenoxy) is 1. The molecule has 1 aliphatic heterocycles. The van der Waals surface area contributed by atoms with Crippen LogP contribution < -0.4 is 5.32 Å². The van der Waals surface area contributed by atoms with E-state index in [9.17, 15) is 34.9 Å². The number of aliphatic hydroxyl groups is 5. The van der Waals surface area contributed by atoms with Crippen molar-refractivity contribution in [3.05, 3.63) is 0 Å². The molecular formula is C8H16NO11P. The molecule has 1 heterocycles. The molecule has 1 amide bonds. The van der Waals surface area contributed by atoms with E-state index in [2.05, 4.69) is 9.26 Å². The predicted octanol–water partition coefficient (Wildman–Crippen LogP) is -4.32. The number of hydrogen-bond acceptors (Lipinski definition) is 9. The Balaban J connectivity index is 2.99. The highest BCUT2D eigenvalue weighted by Gasteiger charge is 2.56. The summed E-state index contributed by atoms with van der Waals surface area (Å²) in [5.41, 5.74) is 0. The van der Waals surface area contributed by atoms with Gasteiger partial charge in [-0.25, -0.2) is 4.57 Å². The van der Waals surface area contributed by atoms with E-state index in [0.717, 1.165) is 6.92 Å². The van der Waals surface area contributed by atoms with Gasteiger partial charge in [0.15, 0.2) is 12.4 Å². The van der Waals surface area contributed by atoms with Gasteiger partial charge in [0.2, 0.25) is 5.91 Å². The molecule has 0 radical (unpaired) electrons. The van der Waals surface area contributed by atoms with Gasteiger partial charge in [-0.15, -0.1) is 0 Å². The smallest absolute Gasteiger partial charge is 0.387 e. The Morgan fingerprint density at radius 2 is 1.86 bits per heavy atom. The van der Waals surface area contributed by atoms with Crippen LogP contribution in [0.5, 0.6) is 0 Å². The first-order valence-electron chi connectivity index (χ1n) is 5.52. The molecule has 0 saturated carbocycles. The molecule has 1 fully saturated rings. The van der Waals surface area contributed by atoms with Crippen LogP contribution in [-0.2, 0) is 18.6 Å². The highest BCUT2D eigenvalue weighted by molar-refractivity contribution is 7.46. The van der Waals surface area contributed by atoms with Crippen molar-refractivity contribution in [2.24, 2.45) is 0 Å². The van der Waals surface area contributed by atoms with Gasteiger partial charge in [0.05, 0.1) is 0 Å². The van der Waals surface area contributed by atoms with Crippen LogP contribution in [0.2, 0.25) is 0 Å². The maximum absolute atomic E-state index is 10.9. The molecule has 0 aliphatic carbocycles. The molecule has 0 aromatic heterocycles. The van der Waals surface area contributed by atoms with Crippen LogP contribution in [0, 0.1) is 0 Å². The number of carbonyl (C=O) groups excluding carboxylic acids is 1. The molecule has 12 nitrogen and oxygen atoms in total. The first-order chi connectivity index (χ1) is 9.37. The van der Waals surface area contributed by atoms with E-state index in [4.69, 9.17) is 9.79 Å². The molecule has 0 aromatic carbocycles. The first-order valence-corrected chi connectivity index (χ1v) is 7.05. The van der Waals surface area contributed by atoms with E-state index in [-0.39, 0.29) is 0 Å². The second-order valence-corrected chi connectivity index (χ2v) is 5.56. The lowest BCUT2D eigenvalue weighted by Gasteiger charge is -2.46. The predicted molar refractivity (Wildman–Crippen MR) is 60.8 cm³/mol. The van der Waals surface area contributed by atoms with Gasteiger partial charge >= 0.3 is 7.82 Å². The average Bonchev–Trinajstić information content (AvgIpc) is 2.28. The highest BCUT2D eigenvalue weighted by Crippen LogP contribution is 2.39. The Labute approximate surface area is 117 Å². The molecule has 1 saturated heterocycles. The molecule has 124 valence electrons. The van der Waals surface area contributed by atoms with Gasteiger partial charge in [-0.3, -0.25) is 9.32 Å². The molecule has 0 spiro atoms. The molecule has 13 heteroatoms. The zero-order chi connectivity index (χ0) is 16.6. The van der Waals surface area contributed by atoms with Crippen molar-refractivity contribution in [2.45, 2.75) is 43.5 Å². The molecule has 1 rings (SSSR count). The Morgan fingerprint density at radius 3 is 2.29 bits per heavy atom. The second kappa shape index (κ2) is 6.22. The van der Waals surface area contributed by atoms with Crippen molar-refractivity contribution < 1.29 is 53.9 Å². The third-order valence-corrected chi connectivity index (χ3v) is 3.10. The van der Waals surface area contributed by atoms with Crippen LogP contribution >= 0.6 is 7.82 Å². The molecule has 1 unspecified atom stereocenters. The van der Waals surface area contributed by atoms with Crippen molar-refractivity contribution in [1.29, 1.82) is 0 Å². The number of nitrogens with one attached hydrogen (secondary N) is 1. The monoisotopic (exact) mass is 333 g/mol. The minimum absolute atomic E-state index is 0.899. The molecule has 21 heavy (non-hydrogen) atoms. The van der Waals surface area contributed by atoms with E-state index in [0.29, 0.717) is 0 Å². The summed E-state index contributed by atoms with van der Waals surface area (Å²) < 4.78 is 19.1. The summed E-state index contributed by atoms with van der Waals surface area (Å²) in [5, 5.41) is 49.8. The van der Waals surface area contributed by atoms with Crippen LogP contribution in [-0.4, -0.2) is 77.8 Å². The number of rotatable bonds is 4. The maximum atomic E-state index is 10.9. The lowest BCUT2D eigenvalue weighted by molar-refractivity contribution is -0.376. The number of hydrogen-bond donors (Lipinski definition) is 8. The van der Waals surface area contributed by atoms with E-state index < -0.39 is 50.3 Å². The maximum Gasteiger partial charge on any atom is 0.472 e. The number of phosphoric ester groups is 1. The largest absolute Gasteiger partial charge is 0.472 e. The Morgan fingerprint density at radius 1 is 1.33 bits per heavy atom. The fraction of sp³-hybridized carbons (Fsp3) is 0.875. The summed E-state index contributed by atoms with van der Waals surface area (Å²) >= 11 is 0. The Hall–Kier alpha value is -0.660. The van der Waals surface area contributed by atoms with Crippen LogP contribution in [0.25, 0.3) is 0 Å². The van der Waals surface area contributed by atoms with Gasteiger partial charge in [0, 0.05) is 6.92 Å². The molecular weight excluding hydrogens is 317 g/mol. The van der Waals surface area contributed by atoms with E-state index in [1.165, 1.54) is 0 Å². The topological polar surface area (TPSA) is 206 Å². The zero-order valence-electron chi connectivity index (χ0n) is 10.6. The van der Waals surface area contributed by atoms with E-state index in [1.807, 2.05) is 0 Å². The molecule has 0 bridgehead atoms. The van der Waals surface area contributed by atoms with Crippen molar-refractivity contribution >= 4 is 13.7 Å². The normalized spacial score (nSPS) is 38.9. The van der Waals surface area contributed by atoms with Gasteiger partial charge in [0.25, 0.3) is 5.91 Å². The van der Waals surface area contributed by atoms with E-state index >= 15 is 0 Å². The summed E-state index contributed by atoms with van der Waals surface area (Å²) in [5.74, 6) is -3.81. The van der Waals surface area contributed by atoms with Gasteiger partial charge in [-0.2, -0.15) is 0 Å². The van der Waals surface area contributed by atoms with Gasteiger partial charge in [0.1, 0.15) is 18.3 Å². The molecule has 8 N–H and O–H groups in total. The zero-order valence-corrected chi connectivity index (χ0v) is 11.5. The third-order valence-electron chi connectivity index (χ3n) is 2.61. The summed E-state index contributed by atoms with van der Waals surface area (Å²) in [4.78, 5) is 28.0. The first kappa shape index (κ1) is 18.4. The summed E-state index contributed by atoms with van der Waals surface area (Å²) in [6.45, 7) is 0.934. The molecule has 6 atom stereocenters. The Kier molecular flexibility index (Phi) is 5.45. The number of aliphatic hydroxyl groups excluding tert-OH is 4. The van der Waals surface area contributed by atoms with Gasteiger partial charge in [-0.05, 0) is 0 Å². The fourth-order valence-electron chi connectivity index (χ4n) is 1.74. The minimum atomic E-state index is -5.17. The standard InChI is InChI=1S/C8H16NO11P/c1-2(10)9-8(15)6(13)4(12)3(11)5(19-8)7(14)20-21(16,17)18/h3-7,11-15H,1H3,(H,9,10)(H2,16,17,18)/t3-,4-,5-,6-,7?,8-/m0/s1. The van der Waals surface area contributed by atoms with Crippen molar-refractivity contribution in [2.75, 3.05) is 0 Å². The SMILES string of the molecule is CC(=O)N[C@@]1(O)O[C@H](C(O)OP(=O)(O)O)[C@@H](O)[C@H](O)[C@@H]1O. The summed E-state index contributed by atoms with van der Waals surface area (Å²) in [7, 11) is -5.17. The van der Waals surface area contributed by atoms with Crippen LogP contribution in [0.3, 0.4) is 0 Å². The number of amides is 1. The third kappa shape index (κ3) is 4.40. The van der Waals surface area contributed by atoms with Crippen LogP contribution in [0.4, 0.5) is 0 Å². The number of carbonyl (C=O) groups is 1. The van der Waals surface area contributed by atoms with Crippen molar-refractivity contribution in [1.82, 2.24) is 5.32 Å². The summed E-state index contributed by atoms with van der Waals surface area (Å²) in [6.07, 6.45) is -10.9. The fourth-order valence-corrected chi connectivity index (χ4v) is 2.14. The highest BCUT2D eigenvalue weighted by atomic mass is 31.2. The van der Waals surface area contributed by atoms with E-state index in [1.54, 1.807) is 5.32 Å². The van der Waals surface area contributed by atoms with Gasteiger partial charge < -0.3 is 45.4 Å². The number of phosphoric acid groups is 1. The van der Waals surface area contributed by atoms with Crippen LogP contribution in [0.15, 0.2) is 0 Å². The quantitative estimate of drug-likeness (QED) is 0.182. The molecule has 0 aromatic rings. The summed E-state index contributed by atoms with van der Waals surface area (Å²) in [6, 6.07) is 0. The van der Waals surface area contributed by atoms with Crippen molar-refractivity contribution in [3.63, 3.8) is 0 Å². The lowest BCUT2D eigenvalue weighted by Crippen LogP contribution is -2.72.